The predicted octanol–water partition coefficient (Wildman–Crippen LogP) is 5.97. The van der Waals surface area contributed by atoms with E-state index < -0.39 is 0 Å². The molecule has 0 aliphatic rings. The molecule has 30 heavy (non-hydrogen) atoms. The van der Waals surface area contributed by atoms with Crippen LogP contribution in [-0.4, -0.2) is 7.11 Å². The fourth-order valence-corrected chi connectivity index (χ4v) is 3.45. The Hall–Kier alpha value is -3.53. The van der Waals surface area contributed by atoms with Crippen LogP contribution in [0.1, 0.15) is 22.3 Å². The molecule has 0 amide bonds. The molecule has 0 unspecified atom stereocenters. The molecule has 0 aliphatic heterocycles. The molecule has 0 bridgehead atoms. The van der Waals surface area contributed by atoms with Gasteiger partial charge in [0.15, 0.2) is 5.76 Å². The Morgan fingerprint density at radius 1 is 0.900 bits per heavy atom. The van der Waals surface area contributed by atoms with E-state index in [0.717, 1.165) is 33.6 Å². The third kappa shape index (κ3) is 3.81. The summed E-state index contributed by atoms with van der Waals surface area (Å²) in [4.78, 5) is 13.4. The van der Waals surface area contributed by atoms with Gasteiger partial charge < -0.3 is 13.9 Å². The van der Waals surface area contributed by atoms with Gasteiger partial charge in [-0.15, -0.1) is 0 Å². The number of rotatable bonds is 5. The maximum absolute atomic E-state index is 13.4. The number of fused-ring (bicyclic) bond motifs is 1. The van der Waals surface area contributed by atoms with Crippen LogP contribution in [-0.2, 0) is 6.61 Å². The topological polar surface area (TPSA) is 48.7 Å². The number of hydrogen-bond acceptors (Lipinski definition) is 4. The molecule has 0 aliphatic carbocycles. The molecule has 4 rings (SSSR count). The van der Waals surface area contributed by atoms with Crippen molar-refractivity contribution < 1.29 is 13.9 Å². The first-order valence-corrected chi connectivity index (χ1v) is 9.87. The van der Waals surface area contributed by atoms with Gasteiger partial charge in [0.05, 0.1) is 12.5 Å². The second-order valence-electron chi connectivity index (χ2n) is 7.53. The zero-order chi connectivity index (χ0) is 21.3. The van der Waals surface area contributed by atoms with Crippen LogP contribution in [0.15, 0.2) is 69.9 Å². The minimum atomic E-state index is -0.169. The van der Waals surface area contributed by atoms with Gasteiger partial charge in [0.25, 0.3) is 0 Å². The van der Waals surface area contributed by atoms with E-state index in [1.165, 1.54) is 0 Å². The van der Waals surface area contributed by atoms with Gasteiger partial charge in [-0.05, 0) is 73.9 Å². The highest BCUT2D eigenvalue weighted by molar-refractivity contribution is 5.83. The average molecular weight is 400 g/mol. The van der Waals surface area contributed by atoms with Crippen molar-refractivity contribution in [2.24, 2.45) is 0 Å². The Morgan fingerprint density at radius 3 is 2.33 bits per heavy atom. The molecule has 0 radical (unpaired) electrons. The molecule has 4 heteroatoms. The van der Waals surface area contributed by atoms with E-state index >= 15 is 0 Å². The highest BCUT2D eigenvalue weighted by atomic mass is 16.5. The van der Waals surface area contributed by atoms with Crippen molar-refractivity contribution in [3.8, 4) is 22.8 Å². The van der Waals surface area contributed by atoms with Gasteiger partial charge >= 0.3 is 0 Å². The third-order valence-electron chi connectivity index (χ3n) is 5.28. The van der Waals surface area contributed by atoms with Crippen molar-refractivity contribution in [2.75, 3.05) is 7.11 Å². The standard InChI is InChI=1S/C26H24O4/c1-16-6-5-7-19(12-16)15-29-26-24(27)22-13-17(2)18(3)14-23(22)30-25(26)20-8-10-21(28-4)11-9-20/h5-14H,15H2,1-4H3. The van der Waals surface area contributed by atoms with Crippen LogP contribution in [0.2, 0.25) is 0 Å². The highest BCUT2D eigenvalue weighted by Crippen LogP contribution is 2.33. The van der Waals surface area contributed by atoms with E-state index in [1.54, 1.807) is 7.11 Å². The second kappa shape index (κ2) is 8.07. The number of ether oxygens (including phenoxy) is 2. The smallest absolute Gasteiger partial charge is 0.235 e. The van der Waals surface area contributed by atoms with Crippen molar-refractivity contribution in [1.82, 2.24) is 0 Å². The first-order valence-electron chi connectivity index (χ1n) is 9.87. The number of hydrogen-bond donors (Lipinski definition) is 0. The molecule has 3 aromatic carbocycles. The minimum absolute atomic E-state index is 0.169. The quantitative estimate of drug-likeness (QED) is 0.414. The Balaban J connectivity index is 1.86. The maximum Gasteiger partial charge on any atom is 0.235 e. The SMILES string of the molecule is COc1ccc(-c2oc3cc(C)c(C)cc3c(=O)c2OCc2cccc(C)c2)cc1. The third-order valence-corrected chi connectivity index (χ3v) is 5.28. The van der Waals surface area contributed by atoms with Crippen LogP contribution in [0, 0.1) is 20.8 Å². The molecule has 1 heterocycles. The minimum Gasteiger partial charge on any atom is -0.497 e. The Labute approximate surface area is 175 Å². The molecule has 0 spiro atoms. The summed E-state index contributed by atoms with van der Waals surface area (Å²) in [5.41, 5.74) is 5.39. The average Bonchev–Trinajstić information content (AvgIpc) is 2.74. The van der Waals surface area contributed by atoms with Gasteiger partial charge in [-0.1, -0.05) is 29.8 Å². The molecular formula is C26H24O4. The van der Waals surface area contributed by atoms with E-state index in [9.17, 15) is 4.79 Å². The first kappa shape index (κ1) is 19.8. The van der Waals surface area contributed by atoms with Crippen molar-refractivity contribution in [1.29, 1.82) is 0 Å². The van der Waals surface area contributed by atoms with Gasteiger partial charge in [-0.25, -0.2) is 0 Å². The van der Waals surface area contributed by atoms with Crippen LogP contribution in [0.25, 0.3) is 22.3 Å². The summed E-state index contributed by atoms with van der Waals surface area (Å²) >= 11 is 0. The van der Waals surface area contributed by atoms with E-state index in [0.29, 0.717) is 16.7 Å². The maximum atomic E-state index is 13.4. The van der Waals surface area contributed by atoms with Crippen LogP contribution >= 0.6 is 0 Å². The fourth-order valence-electron chi connectivity index (χ4n) is 3.45. The van der Waals surface area contributed by atoms with Crippen molar-refractivity contribution in [2.45, 2.75) is 27.4 Å². The van der Waals surface area contributed by atoms with Crippen molar-refractivity contribution in [3.63, 3.8) is 0 Å². The van der Waals surface area contributed by atoms with Gasteiger partial charge in [0, 0.05) is 5.56 Å². The number of methoxy groups -OCH3 is 1. The summed E-state index contributed by atoms with van der Waals surface area (Å²) in [6.45, 7) is 6.30. The molecule has 0 N–H and O–H groups in total. The van der Waals surface area contributed by atoms with Gasteiger partial charge in [-0.3, -0.25) is 4.79 Å². The largest absolute Gasteiger partial charge is 0.497 e. The monoisotopic (exact) mass is 400 g/mol. The molecule has 0 fully saturated rings. The Kier molecular flexibility index (Phi) is 5.32. The Bertz CT molecular complexity index is 1270. The molecule has 4 nitrogen and oxygen atoms in total. The zero-order valence-corrected chi connectivity index (χ0v) is 17.6. The summed E-state index contributed by atoms with van der Waals surface area (Å²) in [5, 5.41) is 0.523. The van der Waals surface area contributed by atoms with Crippen LogP contribution < -0.4 is 14.9 Å². The van der Waals surface area contributed by atoms with Crippen LogP contribution in [0.5, 0.6) is 11.5 Å². The van der Waals surface area contributed by atoms with E-state index in [2.05, 4.69) is 0 Å². The molecular weight excluding hydrogens is 376 g/mol. The second-order valence-corrected chi connectivity index (χ2v) is 7.53. The van der Waals surface area contributed by atoms with E-state index in [-0.39, 0.29) is 17.8 Å². The Morgan fingerprint density at radius 2 is 1.63 bits per heavy atom. The molecule has 0 saturated heterocycles. The van der Waals surface area contributed by atoms with E-state index in [1.807, 2.05) is 81.4 Å². The van der Waals surface area contributed by atoms with Crippen LogP contribution in [0.4, 0.5) is 0 Å². The van der Waals surface area contributed by atoms with E-state index in [4.69, 9.17) is 13.9 Å². The summed E-state index contributed by atoms with van der Waals surface area (Å²) in [6, 6.07) is 19.2. The molecule has 152 valence electrons. The molecule has 4 aromatic rings. The molecule has 1 aromatic heterocycles. The van der Waals surface area contributed by atoms with Gasteiger partial charge in [0.2, 0.25) is 11.2 Å². The first-order chi connectivity index (χ1) is 14.5. The number of aryl methyl sites for hydroxylation is 3. The van der Waals surface area contributed by atoms with Gasteiger partial charge in [-0.2, -0.15) is 0 Å². The number of benzene rings is 3. The van der Waals surface area contributed by atoms with Gasteiger partial charge in [0.1, 0.15) is 17.9 Å². The summed E-state index contributed by atoms with van der Waals surface area (Å²) in [6.07, 6.45) is 0. The lowest BCUT2D eigenvalue weighted by Crippen LogP contribution is -2.11. The van der Waals surface area contributed by atoms with Crippen molar-refractivity contribution >= 4 is 11.0 Å². The zero-order valence-electron chi connectivity index (χ0n) is 17.6. The lowest BCUT2D eigenvalue weighted by Gasteiger charge is -2.13. The summed E-state index contributed by atoms with van der Waals surface area (Å²) < 4.78 is 17.5. The van der Waals surface area contributed by atoms with Crippen molar-refractivity contribution in [3.05, 3.63) is 93.1 Å². The summed E-state index contributed by atoms with van der Waals surface area (Å²) in [5.74, 6) is 1.37. The summed E-state index contributed by atoms with van der Waals surface area (Å²) in [7, 11) is 1.62. The lowest BCUT2D eigenvalue weighted by atomic mass is 10.0. The van der Waals surface area contributed by atoms with Crippen LogP contribution in [0.3, 0.4) is 0 Å². The highest BCUT2D eigenvalue weighted by Gasteiger charge is 2.19. The molecule has 0 saturated carbocycles. The fraction of sp³-hybridized carbons (Fsp3) is 0.192. The lowest BCUT2D eigenvalue weighted by molar-refractivity contribution is 0.298. The normalized spacial score (nSPS) is 10.9. The predicted molar refractivity (Wildman–Crippen MR) is 119 cm³/mol. The molecule has 0 atom stereocenters.